The van der Waals surface area contributed by atoms with E-state index in [1.807, 2.05) is 26.0 Å². The molecule has 1 heterocycles. The molecule has 1 aromatic heterocycles. The standard InChI is InChI=1S/C12H19N3O/c1-9-6-5-7-13-11(9)8-14-10(2)12(16)15(3)4/h5-7,10,14H,8H2,1-4H3. The number of carbonyl (C=O) groups is 1. The Labute approximate surface area is 96.7 Å². The van der Waals surface area contributed by atoms with E-state index in [0.717, 1.165) is 11.3 Å². The van der Waals surface area contributed by atoms with Crippen LogP contribution in [0, 0.1) is 6.92 Å². The molecule has 0 fully saturated rings. The van der Waals surface area contributed by atoms with Gasteiger partial charge in [0.2, 0.25) is 5.91 Å². The smallest absolute Gasteiger partial charge is 0.238 e. The highest BCUT2D eigenvalue weighted by Crippen LogP contribution is 2.03. The third-order valence-corrected chi connectivity index (χ3v) is 2.50. The number of hydrogen-bond acceptors (Lipinski definition) is 3. The average molecular weight is 221 g/mol. The number of rotatable bonds is 4. The Morgan fingerprint density at radius 1 is 1.56 bits per heavy atom. The molecule has 0 spiro atoms. The average Bonchev–Trinajstić information content (AvgIpc) is 2.26. The molecule has 1 amide bonds. The molecule has 4 nitrogen and oxygen atoms in total. The molecule has 0 aliphatic carbocycles. The van der Waals surface area contributed by atoms with E-state index in [9.17, 15) is 4.79 Å². The summed E-state index contributed by atoms with van der Waals surface area (Å²) in [7, 11) is 3.51. The van der Waals surface area contributed by atoms with Gasteiger partial charge in [0.15, 0.2) is 0 Å². The maximum Gasteiger partial charge on any atom is 0.238 e. The zero-order valence-corrected chi connectivity index (χ0v) is 10.3. The molecular formula is C12H19N3O. The van der Waals surface area contributed by atoms with Gasteiger partial charge in [0, 0.05) is 26.8 Å². The third kappa shape index (κ3) is 3.31. The molecule has 0 aromatic carbocycles. The van der Waals surface area contributed by atoms with Crippen LogP contribution in [0.3, 0.4) is 0 Å². The van der Waals surface area contributed by atoms with Crippen molar-refractivity contribution in [3.8, 4) is 0 Å². The SMILES string of the molecule is Cc1cccnc1CNC(C)C(=O)N(C)C. The number of aromatic nitrogens is 1. The minimum absolute atomic E-state index is 0.0774. The number of hydrogen-bond donors (Lipinski definition) is 1. The maximum absolute atomic E-state index is 11.6. The van der Waals surface area contributed by atoms with Crippen molar-refractivity contribution in [2.75, 3.05) is 14.1 Å². The molecular weight excluding hydrogens is 202 g/mol. The van der Waals surface area contributed by atoms with Gasteiger partial charge >= 0.3 is 0 Å². The normalized spacial score (nSPS) is 12.2. The second-order valence-corrected chi connectivity index (χ2v) is 4.10. The molecule has 1 rings (SSSR count). The van der Waals surface area contributed by atoms with E-state index in [-0.39, 0.29) is 11.9 Å². The summed E-state index contributed by atoms with van der Waals surface area (Å²) in [5.74, 6) is 0.0774. The molecule has 4 heteroatoms. The highest BCUT2D eigenvalue weighted by atomic mass is 16.2. The number of carbonyl (C=O) groups excluding carboxylic acids is 1. The van der Waals surface area contributed by atoms with Crippen LogP contribution in [0.4, 0.5) is 0 Å². The quantitative estimate of drug-likeness (QED) is 0.823. The molecule has 88 valence electrons. The van der Waals surface area contributed by atoms with Crippen LogP contribution in [0.25, 0.3) is 0 Å². The van der Waals surface area contributed by atoms with Crippen molar-refractivity contribution in [2.45, 2.75) is 26.4 Å². The van der Waals surface area contributed by atoms with Crippen LogP contribution < -0.4 is 5.32 Å². The van der Waals surface area contributed by atoms with Crippen LogP contribution >= 0.6 is 0 Å². The monoisotopic (exact) mass is 221 g/mol. The van der Waals surface area contributed by atoms with Crippen LogP contribution in [0.1, 0.15) is 18.2 Å². The predicted octanol–water partition coefficient (Wildman–Crippen LogP) is 0.956. The number of pyridine rings is 1. The minimum Gasteiger partial charge on any atom is -0.347 e. The van der Waals surface area contributed by atoms with Gasteiger partial charge in [-0.3, -0.25) is 9.78 Å². The molecule has 0 radical (unpaired) electrons. The minimum atomic E-state index is -0.184. The van der Waals surface area contributed by atoms with Gasteiger partial charge in [-0.25, -0.2) is 0 Å². The maximum atomic E-state index is 11.6. The lowest BCUT2D eigenvalue weighted by Crippen LogP contribution is -2.41. The Bertz CT molecular complexity index is 363. The van der Waals surface area contributed by atoms with Gasteiger partial charge in [0.05, 0.1) is 11.7 Å². The Kier molecular flexibility index (Phi) is 4.43. The summed E-state index contributed by atoms with van der Waals surface area (Å²) < 4.78 is 0. The van der Waals surface area contributed by atoms with Gasteiger partial charge in [-0.2, -0.15) is 0 Å². The van der Waals surface area contributed by atoms with Gasteiger partial charge in [0.1, 0.15) is 0 Å². The van der Waals surface area contributed by atoms with Crippen LogP contribution in [0.2, 0.25) is 0 Å². The van der Waals surface area contributed by atoms with Crippen molar-refractivity contribution >= 4 is 5.91 Å². The second-order valence-electron chi connectivity index (χ2n) is 4.10. The number of nitrogens with zero attached hydrogens (tertiary/aromatic N) is 2. The highest BCUT2D eigenvalue weighted by molar-refractivity contribution is 5.80. The first-order chi connectivity index (χ1) is 7.52. The lowest BCUT2D eigenvalue weighted by Gasteiger charge is -2.18. The first-order valence-electron chi connectivity index (χ1n) is 5.37. The number of amides is 1. The van der Waals surface area contributed by atoms with Crippen molar-refractivity contribution in [3.05, 3.63) is 29.6 Å². The van der Waals surface area contributed by atoms with Crippen LogP contribution in [0.5, 0.6) is 0 Å². The molecule has 0 aliphatic heterocycles. The van der Waals surface area contributed by atoms with Crippen molar-refractivity contribution in [1.82, 2.24) is 15.2 Å². The Hall–Kier alpha value is -1.42. The van der Waals surface area contributed by atoms with E-state index in [1.165, 1.54) is 0 Å². The fourth-order valence-corrected chi connectivity index (χ4v) is 1.43. The van der Waals surface area contributed by atoms with E-state index in [0.29, 0.717) is 6.54 Å². The van der Waals surface area contributed by atoms with E-state index in [4.69, 9.17) is 0 Å². The molecule has 1 atom stereocenters. The molecule has 0 aliphatic rings. The van der Waals surface area contributed by atoms with E-state index in [1.54, 1.807) is 25.2 Å². The van der Waals surface area contributed by atoms with Crippen molar-refractivity contribution < 1.29 is 4.79 Å². The highest BCUT2D eigenvalue weighted by Gasteiger charge is 2.14. The van der Waals surface area contributed by atoms with Crippen molar-refractivity contribution in [1.29, 1.82) is 0 Å². The summed E-state index contributed by atoms with van der Waals surface area (Å²) in [6, 6.07) is 3.74. The third-order valence-electron chi connectivity index (χ3n) is 2.50. The molecule has 1 unspecified atom stereocenters. The predicted molar refractivity (Wildman–Crippen MR) is 64.0 cm³/mol. The zero-order valence-electron chi connectivity index (χ0n) is 10.3. The number of likely N-dealkylation sites (N-methyl/N-ethyl adjacent to an activating group) is 1. The van der Waals surface area contributed by atoms with E-state index >= 15 is 0 Å². The first-order valence-corrected chi connectivity index (χ1v) is 5.37. The summed E-state index contributed by atoms with van der Waals surface area (Å²) in [4.78, 5) is 17.4. The van der Waals surface area contributed by atoms with E-state index < -0.39 is 0 Å². The Morgan fingerprint density at radius 2 is 2.25 bits per heavy atom. The largest absolute Gasteiger partial charge is 0.347 e. The van der Waals surface area contributed by atoms with Crippen LogP contribution in [-0.2, 0) is 11.3 Å². The molecule has 0 bridgehead atoms. The number of aryl methyl sites for hydroxylation is 1. The summed E-state index contributed by atoms with van der Waals surface area (Å²) in [5, 5.41) is 3.17. The van der Waals surface area contributed by atoms with Gasteiger partial charge in [-0.05, 0) is 25.5 Å². The Balaban J connectivity index is 2.52. The van der Waals surface area contributed by atoms with Crippen molar-refractivity contribution in [2.24, 2.45) is 0 Å². The summed E-state index contributed by atoms with van der Waals surface area (Å²) in [6.45, 7) is 4.50. The van der Waals surface area contributed by atoms with E-state index in [2.05, 4.69) is 10.3 Å². The van der Waals surface area contributed by atoms with Gasteiger partial charge in [0.25, 0.3) is 0 Å². The van der Waals surface area contributed by atoms with Crippen molar-refractivity contribution in [3.63, 3.8) is 0 Å². The lowest BCUT2D eigenvalue weighted by atomic mass is 10.2. The summed E-state index contributed by atoms with van der Waals surface area (Å²) >= 11 is 0. The number of nitrogens with one attached hydrogen (secondary N) is 1. The van der Waals surface area contributed by atoms with Gasteiger partial charge < -0.3 is 10.2 Å². The van der Waals surface area contributed by atoms with Crippen LogP contribution in [-0.4, -0.2) is 35.9 Å². The zero-order chi connectivity index (χ0) is 12.1. The second kappa shape index (κ2) is 5.61. The molecule has 0 saturated carbocycles. The Morgan fingerprint density at radius 3 is 2.81 bits per heavy atom. The lowest BCUT2D eigenvalue weighted by molar-refractivity contribution is -0.130. The molecule has 1 aromatic rings. The molecule has 1 N–H and O–H groups in total. The summed E-state index contributed by atoms with van der Waals surface area (Å²) in [6.07, 6.45) is 1.77. The van der Waals surface area contributed by atoms with Crippen LogP contribution in [0.15, 0.2) is 18.3 Å². The molecule has 16 heavy (non-hydrogen) atoms. The topological polar surface area (TPSA) is 45.2 Å². The fraction of sp³-hybridized carbons (Fsp3) is 0.500. The molecule has 0 saturated heterocycles. The summed E-state index contributed by atoms with van der Waals surface area (Å²) in [5.41, 5.74) is 2.13. The first kappa shape index (κ1) is 12.6. The van der Waals surface area contributed by atoms with Gasteiger partial charge in [-0.1, -0.05) is 6.07 Å². The fourth-order valence-electron chi connectivity index (χ4n) is 1.43. The van der Waals surface area contributed by atoms with Gasteiger partial charge in [-0.15, -0.1) is 0 Å².